The quantitative estimate of drug-likeness (QED) is 0.670. The number of rotatable bonds is 9. The van der Waals surface area contributed by atoms with Crippen molar-refractivity contribution in [3.8, 4) is 11.5 Å². The minimum Gasteiger partial charge on any atom is -0.494 e. The van der Waals surface area contributed by atoms with Crippen LogP contribution in [0.3, 0.4) is 0 Å². The van der Waals surface area contributed by atoms with Gasteiger partial charge in [-0.3, -0.25) is 0 Å². The third kappa shape index (κ3) is 6.17. The van der Waals surface area contributed by atoms with E-state index < -0.39 is 0 Å². The van der Waals surface area contributed by atoms with E-state index in [1.807, 2.05) is 24.3 Å². The summed E-state index contributed by atoms with van der Waals surface area (Å²) in [5.41, 5.74) is 0. The van der Waals surface area contributed by atoms with Crippen LogP contribution in [0, 0.1) is 0 Å². The molecular formula is C14H23NO2. The topological polar surface area (TPSA) is 30.5 Å². The minimum atomic E-state index is 0.704. The minimum absolute atomic E-state index is 0.704. The first-order valence-corrected chi connectivity index (χ1v) is 6.43. The Labute approximate surface area is 104 Å². The van der Waals surface area contributed by atoms with Crippen molar-refractivity contribution >= 4 is 0 Å². The Morgan fingerprint density at radius 1 is 0.824 bits per heavy atom. The van der Waals surface area contributed by atoms with Crippen LogP contribution in [0.2, 0.25) is 0 Å². The van der Waals surface area contributed by atoms with E-state index in [0.29, 0.717) is 6.61 Å². The van der Waals surface area contributed by atoms with E-state index in [4.69, 9.17) is 9.47 Å². The van der Waals surface area contributed by atoms with Crippen molar-refractivity contribution < 1.29 is 9.47 Å². The molecule has 1 aromatic rings. The summed E-state index contributed by atoms with van der Waals surface area (Å²) in [5.74, 6) is 1.80. The molecule has 0 aliphatic heterocycles. The third-order valence-electron chi connectivity index (χ3n) is 2.27. The van der Waals surface area contributed by atoms with Gasteiger partial charge < -0.3 is 14.8 Å². The summed E-state index contributed by atoms with van der Waals surface area (Å²) >= 11 is 0. The third-order valence-corrected chi connectivity index (χ3v) is 2.27. The molecule has 0 aliphatic rings. The van der Waals surface area contributed by atoms with E-state index in [2.05, 4.69) is 19.2 Å². The molecule has 0 saturated heterocycles. The fourth-order valence-electron chi connectivity index (χ4n) is 1.39. The Morgan fingerprint density at radius 2 is 1.41 bits per heavy atom. The Balaban J connectivity index is 2.20. The van der Waals surface area contributed by atoms with Gasteiger partial charge in [0.05, 0.1) is 6.61 Å². The van der Waals surface area contributed by atoms with E-state index in [-0.39, 0.29) is 0 Å². The van der Waals surface area contributed by atoms with Crippen LogP contribution in [0.25, 0.3) is 0 Å². The van der Waals surface area contributed by atoms with Crippen molar-refractivity contribution in [2.45, 2.75) is 26.7 Å². The lowest BCUT2D eigenvalue weighted by atomic mass is 10.3. The molecule has 96 valence electrons. The summed E-state index contributed by atoms with van der Waals surface area (Å²) in [4.78, 5) is 0. The molecule has 0 atom stereocenters. The highest BCUT2D eigenvalue weighted by molar-refractivity contribution is 5.31. The molecule has 0 amide bonds. The van der Waals surface area contributed by atoms with Gasteiger partial charge in [0.1, 0.15) is 18.1 Å². The number of hydrogen-bond acceptors (Lipinski definition) is 3. The van der Waals surface area contributed by atoms with Crippen LogP contribution in [0.15, 0.2) is 24.3 Å². The van der Waals surface area contributed by atoms with Crippen molar-refractivity contribution in [2.24, 2.45) is 0 Å². The van der Waals surface area contributed by atoms with Crippen molar-refractivity contribution in [1.29, 1.82) is 0 Å². The maximum Gasteiger partial charge on any atom is 0.119 e. The summed E-state index contributed by atoms with van der Waals surface area (Å²) in [6, 6.07) is 7.80. The highest BCUT2D eigenvalue weighted by Gasteiger charge is 1.95. The van der Waals surface area contributed by atoms with Crippen LogP contribution in [-0.2, 0) is 0 Å². The second-order valence-corrected chi connectivity index (χ2v) is 3.92. The van der Waals surface area contributed by atoms with Crippen LogP contribution in [0.5, 0.6) is 11.5 Å². The van der Waals surface area contributed by atoms with Crippen LogP contribution in [0.1, 0.15) is 26.7 Å². The van der Waals surface area contributed by atoms with E-state index in [9.17, 15) is 0 Å². The molecule has 0 heterocycles. The predicted molar refractivity (Wildman–Crippen MR) is 70.9 cm³/mol. The molecule has 0 spiro atoms. The van der Waals surface area contributed by atoms with Crippen LogP contribution < -0.4 is 14.8 Å². The maximum absolute atomic E-state index is 5.59. The summed E-state index contributed by atoms with van der Waals surface area (Å²) in [7, 11) is 0. The van der Waals surface area contributed by atoms with Gasteiger partial charge in [-0.05, 0) is 43.7 Å². The second-order valence-electron chi connectivity index (χ2n) is 3.92. The van der Waals surface area contributed by atoms with E-state index in [1.54, 1.807) is 0 Å². The molecular weight excluding hydrogens is 214 g/mol. The van der Waals surface area contributed by atoms with Gasteiger partial charge in [0.2, 0.25) is 0 Å². The molecule has 0 aromatic heterocycles. The van der Waals surface area contributed by atoms with Gasteiger partial charge in [-0.25, -0.2) is 0 Å². The van der Waals surface area contributed by atoms with Crippen LogP contribution in [0.4, 0.5) is 0 Å². The number of ether oxygens (including phenoxy) is 2. The first-order valence-electron chi connectivity index (χ1n) is 6.43. The largest absolute Gasteiger partial charge is 0.494 e. The van der Waals surface area contributed by atoms with Gasteiger partial charge in [0.15, 0.2) is 0 Å². The monoisotopic (exact) mass is 237 g/mol. The standard InChI is InChI=1S/C14H23NO2/c1-3-9-15-10-12-17-14-7-5-13(6-8-14)16-11-4-2/h5-8,15H,3-4,9-12H2,1-2H3. The van der Waals surface area contributed by atoms with Crippen molar-refractivity contribution in [3.63, 3.8) is 0 Å². The summed E-state index contributed by atoms with van der Waals surface area (Å²) < 4.78 is 11.1. The molecule has 0 saturated carbocycles. The molecule has 17 heavy (non-hydrogen) atoms. The number of nitrogens with one attached hydrogen (secondary N) is 1. The molecule has 0 unspecified atom stereocenters. The van der Waals surface area contributed by atoms with Gasteiger partial charge in [-0.2, -0.15) is 0 Å². The Kier molecular flexibility index (Phi) is 7.23. The molecule has 3 heteroatoms. The molecule has 0 radical (unpaired) electrons. The van der Waals surface area contributed by atoms with Gasteiger partial charge in [-0.1, -0.05) is 13.8 Å². The normalized spacial score (nSPS) is 10.2. The van der Waals surface area contributed by atoms with Crippen LogP contribution in [-0.4, -0.2) is 26.3 Å². The number of hydrogen-bond donors (Lipinski definition) is 1. The molecule has 0 bridgehead atoms. The highest BCUT2D eigenvalue weighted by atomic mass is 16.5. The Bertz CT molecular complexity index is 285. The zero-order chi connectivity index (χ0) is 12.3. The Morgan fingerprint density at radius 3 is 1.94 bits per heavy atom. The molecule has 3 nitrogen and oxygen atoms in total. The first kappa shape index (κ1) is 13.8. The maximum atomic E-state index is 5.59. The van der Waals surface area contributed by atoms with E-state index in [1.165, 1.54) is 0 Å². The average Bonchev–Trinajstić information content (AvgIpc) is 2.37. The van der Waals surface area contributed by atoms with Crippen molar-refractivity contribution in [1.82, 2.24) is 5.32 Å². The second kappa shape index (κ2) is 8.88. The van der Waals surface area contributed by atoms with E-state index >= 15 is 0 Å². The van der Waals surface area contributed by atoms with Gasteiger partial charge in [0, 0.05) is 6.54 Å². The molecule has 1 aromatic carbocycles. The first-order chi connectivity index (χ1) is 8.36. The fourth-order valence-corrected chi connectivity index (χ4v) is 1.39. The zero-order valence-electron chi connectivity index (χ0n) is 10.9. The summed E-state index contributed by atoms with van der Waals surface area (Å²) in [6.45, 7) is 7.66. The van der Waals surface area contributed by atoms with E-state index in [0.717, 1.165) is 44.0 Å². The van der Waals surface area contributed by atoms with Gasteiger partial charge >= 0.3 is 0 Å². The lowest BCUT2D eigenvalue weighted by Gasteiger charge is -2.08. The zero-order valence-corrected chi connectivity index (χ0v) is 10.9. The lowest BCUT2D eigenvalue weighted by molar-refractivity contribution is 0.307. The van der Waals surface area contributed by atoms with Crippen LogP contribution >= 0.6 is 0 Å². The van der Waals surface area contributed by atoms with Gasteiger partial charge in [-0.15, -0.1) is 0 Å². The Hall–Kier alpha value is -1.22. The SMILES string of the molecule is CCCNCCOc1ccc(OCCC)cc1. The molecule has 0 fully saturated rings. The van der Waals surface area contributed by atoms with Gasteiger partial charge in [0.25, 0.3) is 0 Å². The summed E-state index contributed by atoms with van der Waals surface area (Å²) in [5, 5.41) is 3.29. The van der Waals surface area contributed by atoms with Crippen molar-refractivity contribution in [3.05, 3.63) is 24.3 Å². The average molecular weight is 237 g/mol. The number of benzene rings is 1. The van der Waals surface area contributed by atoms with Crippen molar-refractivity contribution in [2.75, 3.05) is 26.3 Å². The molecule has 1 rings (SSSR count). The molecule has 0 aliphatic carbocycles. The lowest BCUT2D eigenvalue weighted by Crippen LogP contribution is -2.21. The summed E-state index contributed by atoms with van der Waals surface area (Å²) in [6.07, 6.45) is 2.19. The highest BCUT2D eigenvalue weighted by Crippen LogP contribution is 2.17. The fraction of sp³-hybridized carbons (Fsp3) is 0.571. The predicted octanol–water partition coefficient (Wildman–Crippen LogP) is 2.85. The smallest absolute Gasteiger partial charge is 0.119 e. The molecule has 1 N–H and O–H groups in total.